The largest absolute Gasteiger partial charge is 0.323 e. The minimum Gasteiger partial charge on any atom is -0.323 e. The fraction of sp³-hybridized carbons (Fsp3) is 0.188. The summed E-state index contributed by atoms with van der Waals surface area (Å²) in [5, 5.41) is 13.5. The molecule has 0 unspecified atom stereocenters. The molecule has 0 saturated carbocycles. The lowest BCUT2D eigenvalue weighted by molar-refractivity contribution is -0.384. The lowest BCUT2D eigenvalue weighted by atomic mass is 10.1. The smallest absolute Gasteiger partial charge is 0.269 e. The Hall–Kier alpha value is -2.12. The van der Waals surface area contributed by atoms with Crippen molar-refractivity contribution in [1.29, 1.82) is 0 Å². The maximum absolute atomic E-state index is 13.6. The Bertz CT molecular complexity index is 773. The summed E-state index contributed by atoms with van der Waals surface area (Å²) in [7, 11) is 0. The first-order valence-electron chi connectivity index (χ1n) is 6.97. The lowest BCUT2D eigenvalue weighted by Crippen LogP contribution is -2.15. The van der Waals surface area contributed by atoms with E-state index in [1.54, 1.807) is 12.1 Å². The molecule has 0 spiro atoms. The zero-order valence-corrected chi connectivity index (χ0v) is 14.2. The molecule has 0 heterocycles. The van der Waals surface area contributed by atoms with Gasteiger partial charge in [-0.1, -0.05) is 23.7 Å². The van der Waals surface area contributed by atoms with Gasteiger partial charge in [-0.3, -0.25) is 14.9 Å². The summed E-state index contributed by atoms with van der Waals surface area (Å²) in [6.45, 7) is 1.84. The van der Waals surface area contributed by atoms with Crippen LogP contribution in [0.25, 0.3) is 0 Å². The summed E-state index contributed by atoms with van der Waals surface area (Å²) >= 11 is 7.07. The van der Waals surface area contributed by atoms with Crippen molar-refractivity contribution in [3.63, 3.8) is 0 Å². The van der Waals surface area contributed by atoms with Crippen LogP contribution in [0.4, 0.5) is 15.8 Å². The predicted molar refractivity (Wildman–Crippen MR) is 94.0 cm³/mol. The van der Waals surface area contributed by atoms with Gasteiger partial charge in [-0.2, -0.15) is 0 Å². The number of nitro groups is 1. The van der Waals surface area contributed by atoms with Crippen LogP contribution < -0.4 is 5.32 Å². The number of halogens is 2. The molecule has 126 valence electrons. The molecular formula is C16H14ClFN2O3S. The molecule has 8 heteroatoms. The minimum atomic E-state index is -0.565. The number of nitrogens with zero attached hydrogens (tertiary/aromatic N) is 1. The number of carbonyl (C=O) groups excluding carboxylic acids is 1. The van der Waals surface area contributed by atoms with Crippen LogP contribution in [-0.4, -0.2) is 16.6 Å². The number of hydrogen-bond donors (Lipinski definition) is 1. The van der Waals surface area contributed by atoms with Crippen molar-refractivity contribution < 1.29 is 14.1 Å². The molecule has 1 atom stereocenters. The van der Waals surface area contributed by atoms with Crippen molar-refractivity contribution in [2.75, 3.05) is 11.1 Å². The molecular weight excluding hydrogens is 355 g/mol. The Balaban J connectivity index is 1.95. The third-order valence-electron chi connectivity index (χ3n) is 3.22. The highest BCUT2D eigenvalue weighted by molar-refractivity contribution is 8.00. The number of amides is 1. The summed E-state index contributed by atoms with van der Waals surface area (Å²) in [5.41, 5.74) is 0.775. The van der Waals surface area contributed by atoms with E-state index in [0.29, 0.717) is 5.02 Å². The zero-order valence-electron chi connectivity index (χ0n) is 12.7. The van der Waals surface area contributed by atoms with Crippen LogP contribution in [0.15, 0.2) is 42.5 Å². The number of anilines is 1. The summed E-state index contributed by atoms with van der Waals surface area (Å²) in [6.07, 6.45) is 0. The maximum atomic E-state index is 13.6. The van der Waals surface area contributed by atoms with Crippen LogP contribution in [0.3, 0.4) is 0 Å². The van der Waals surface area contributed by atoms with Crippen LogP contribution >= 0.6 is 23.4 Å². The van der Waals surface area contributed by atoms with E-state index in [1.807, 2.05) is 6.92 Å². The minimum absolute atomic E-state index is 0.00500. The van der Waals surface area contributed by atoms with E-state index < -0.39 is 10.7 Å². The third-order valence-corrected chi connectivity index (χ3v) is 4.65. The van der Waals surface area contributed by atoms with E-state index in [1.165, 1.54) is 42.1 Å². The number of hydrogen-bond acceptors (Lipinski definition) is 4. The number of carbonyl (C=O) groups is 1. The monoisotopic (exact) mass is 368 g/mol. The molecule has 24 heavy (non-hydrogen) atoms. The molecule has 0 fully saturated rings. The maximum Gasteiger partial charge on any atom is 0.269 e. The van der Waals surface area contributed by atoms with Crippen molar-refractivity contribution >= 4 is 40.6 Å². The first-order valence-corrected chi connectivity index (χ1v) is 8.40. The Morgan fingerprint density at radius 3 is 2.83 bits per heavy atom. The number of thioether (sulfide) groups is 1. The lowest BCUT2D eigenvalue weighted by Gasteiger charge is -2.12. The summed E-state index contributed by atoms with van der Waals surface area (Å²) < 4.78 is 13.6. The number of benzene rings is 2. The van der Waals surface area contributed by atoms with E-state index in [-0.39, 0.29) is 28.3 Å². The fourth-order valence-corrected chi connectivity index (χ4v) is 2.95. The standard InChI is InChI=1S/C16H14ClFN2O3S/c1-10(11-3-2-4-13(7-11)20(22)23)24-9-16(21)19-15-8-12(17)5-6-14(15)18/h2-8,10H,9H2,1H3,(H,19,21)/t10-/m0/s1. The molecule has 2 aromatic carbocycles. The van der Waals surface area contributed by atoms with E-state index in [2.05, 4.69) is 5.32 Å². The van der Waals surface area contributed by atoms with E-state index in [4.69, 9.17) is 11.6 Å². The molecule has 2 rings (SSSR count). The van der Waals surface area contributed by atoms with E-state index >= 15 is 0 Å². The predicted octanol–water partition coefficient (Wildman–Crippen LogP) is 4.82. The zero-order chi connectivity index (χ0) is 17.7. The molecule has 0 aliphatic carbocycles. The number of nitrogens with one attached hydrogen (secondary N) is 1. The van der Waals surface area contributed by atoms with Gasteiger partial charge >= 0.3 is 0 Å². The van der Waals surface area contributed by atoms with Crippen LogP contribution in [-0.2, 0) is 4.79 Å². The summed E-state index contributed by atoms with van der Waals surface area (Å²) in [6, 6.07) is 10.2. The number of rotatable bonds is 6. The Kier molecular flexibility index (Phi) is 6.16. The summed E-state index contributed by atoms with van der Waals surface area (Å²) in [5.74, 6) is -0.863. The van der Waals surface area contributed by atoms with Crippen molar-refractivity contribution in [2.45, 2.75) is 12.2 Å². The highest BCUT2D eigenvalue weighted by Crippen LogP contribution is 2.30. The molecule has 2 aromatic rings. The Labute approximate surface area is 147 Å². The molecule has 1 amide bonds. The van der Waals surface area contributed by atoms with Gasteiger partial charge in [0.1, 0.15) is 5.82 Å². The first-order chi connectivity index (χ1) is 11.4. The second kappa shape index (κ2) is 8.12. The van der Waals surface area contributed by atoms with Crippen LogP contribution in [0, 0.1) is 15.9 Å². The average molecular weight is 369 g/mol. The van der Waals surface area contributed by atoms with Gasteiger partial charge < -0.3 is 5.32 Å². The summed E-state index contributed by atoms with van der Waals surface area (Å²) in [4.78, 5) is 22.3. The van der Waals surface area contributed by atoms with Gasteiger partial charge in [-0.25, -0.2) is 4.39 Å². The van der Waals surface area contributed by atoms with Crippen LogP contribution in [0.1, 0.15) is 17.7 Å². The third kappa shape index (κ3) is 4.94. The van der Waals surface area contributed by atoms with Crippen molar-refractivity contribution in [2.24, 2.45) is 0 Å². The average Bonchev–Trinajstić information content (AvgIpc) is 2.56. The molecule has 0 radical (unpaired) electrons. The fourth-order valence-electron chi connectivity index (χ4n) is 1.97. The Morgan fingerprint density at radius 1 is 1.38 bits per heavy atom. The van der Waals surface area contributed by atoms with Crippen molar-refractivity contribution in [3.05, 3.63) is 69.0 Å². The number of nitro benzene ring substituents is 1. The molecule has 0 aliphatic heterocycles. The van der Waals surface area contributed by atoms with Gasteiger partial charge in [0.05, 0.1) is 16.4 Å². The molecule has 5 nitrogen and oxygen atoms in total. The topological polar surface area (TPSA) is 72.2 Å². The highest BCUT2D eigenvalue weighted by Gasteiger charge is 2.14. The number of non-ortho nitro benzene ring substituents is 1. The molecule has 0 bridgehead atoms. The van der Waals surface area contributed by atoms with Gasteiger partial charge in [0.2, 0.25) is 5.91 Å². The van der Waals surface area contributed by atoms with Gasteiger partial charge in [-0.15, -0.1) is 11.8 Å². The second-order valence-electron chi connectivity index (χ2n) is 4.98. The normalized spacial score (nSPS) is 11.8. The molecule has 0 aromatic heterocycles. The van der Waals surface area contributed by atoms with Crippen LogP contribution in [0.2, 0.25) is 5.02 Å². The van der Waals surface area contributed by atoms with Gasteiger partial charge in [-0.05, 0) is 30.7 Å². The van der Waals surface area contributed by atoms with Gasteiger partial charge in [0.25, 0.3) is 5.69 Å². The van der Waals surface area contributed by atoms with Crippen LogP contribution in [0.5, 0.6) is 0 Å². The first kappa shape index (κ1) is 18.2. The Morgan fingerprint density at radius 2 is 2.12 bits per heavy atom. The van der Waals surface area contributed by atoms with E-state index in [9.17, 15) is 19.3 Å². The molecule has 0 aliphatic rings. The van der Waals surface area contributed by atoms with Gasteiger partial charge in [0.15, 0.2) is 0 Å². The van der Waals surface area contributed by atoms with Gasteiger partial charge in [0, 0.05) is 22.4 Å². The quantitative estimate of drug-likeness (QED) is 0.586. The molecule has 1 N–H and O–H groups in total. The molecule has 0 saturated heterocycles. The second-order valence-corrected chi connectivity index (χ2v) is 6.74. The SMILES string of the molecule is C[C@H](SCC(=O)Nc1cc(Cl)ccc1F)c1cccc([N+](=O)[O-])c1. The van der Waals surface area contributed by atoms with E-state index in [0.717, 1.165) is 5.56 Å². The highest BCUT2D eigenvalue weighted by atomic mass is 35.5. The van der Waals surface area contributed by atoms with Crippen molar-refractivity contribution in [3.8, 4) is 0 Å². The van der Waals surface area contributed by atoms with Crippen molar-refractivity contribution in [1.82, 2.24) is 0 Å².